The number of quaternary nitrogens is 1. The van der Waals surface area contributed by atoms with Crippen molar-refractivity contribution in [2.24, 2.45) is 0 Å². The van der Waals surface area contributed by atoms with Crippen molar-refractivity contribution in [3.63, 3.8) is 0 Å². The van der Waals surface area contributed by atoms with Gasteiger partial charge in [-0.05, 0) is 49.5 Å². The lowest BCUT2D eigenvalue weighted by Crippen LogP contribution is -3.11. The van der Waals surface area contributed by atoms with Gasteiger partial charge in [0, 0.05) is 19.0 Å². The predicted molar refractivity (Wildman–Crippen MR) is 93.7 cm³/mol. The summed E-state index contributed by atoms with van der Waals surface area (Å²) < 4.78 is 5.11. The molecule has 0 aromatic heterocycles. The zero-order valence-corrected chi connectivity index (χ0v) is 14.1. The van der Waals surface area contributed by atoms with Crippen molar-refractivity contribution in [2.45, 2.75) is 32.1 Å². The summed E-state index contributed by atoms with van der Waals surface area (Å²) in [6.07, 6.45) is 9.96. The number of carbonyl (C=O) groups is 1. The summed E-state index contributed by atoms with van der Waals surface area (Å²) in [5, 5.41) is 2.97. The first-order valence-electron chi connectivity index (χ1n) is 8.71. The highest BCUT2D eigenvalue weighted by Gasteiger charge is 2.11. The molecule has 0 atom stereocenters. The summed E-state index contributed by atoms with van der Waals surface area (Å²) in [6, 6.07) is 7.65. The van der Waals surface area contributed by atoms with Crippen molar-refractivity contribution < 1.29 is 14.4 Å². The smallest absolute Gasteiger partial charge is 0.244 e. The summed E-state index contributed by atoms with van der Waals surface area (Å²) in [5.74, 6) is 0.800. The van der Waals surface area contributed by atoms with Crippen LogP contribution in [0.5, 0.6) is 5.75 Å². The number of rotatable bonds is 7. The van der Waals surface area contributed by atoms with Crippen LogP contribution in [0.25, 0.3) is 6.08 Å². The van der Waals surface area contributed by atoms with E-state index in [4.69, 9.17) is 4.74 Å². The van der Waals surface area contributed by atoms with Gasteiger partial charge in [-0.3, -0.25) is 4.79 Å². The van der Waals surface area contributed by atoms with Crippen molar-refractivity contribution in [3.05, 3.63) is 35.9 Å². The van der Waals surface area contributed by atoms with Gasteiger partial charge in [-0.1, -0.05) is 12.1 Å². The molecule has 2 N–H and O–H groups in total. The summed E-state index contributed by atoms with van der Waals surface area (Å²) in [6.45, 7) is 4.52. The summed E-state index contributed by atoms with van der Waals surface area (Å²) >= 11 is 0. The minimum atomic E-state index is -0.0216. The van der Waals surface area contributed by atoms with Crippen molar-refractivity contribution in [3.8, 4) is 5.75 Å². The van der Waals surface area contributed by atoms with E-state index in [1.807, 2.05) is 30.3 Å². The number of carbonyl (C=O) groups excluding carboxylic acids is 1. The van der Waals surface area contributed by atoms with Crippen LogP contribution in [-0.4, -0.2) is 39.2 Å². The van der Waals surface area contributed by atoms with E-state index in [1.165, 1.54) is 45.3 Å². The standard InChI is InChI=1S/C19H28N2O2/c1-23-18-10-7-17(8-11-18)9-12-19(22)20-13-6-16-21-14-4-2-3-5-15-21/h7-12H,2-6,13-16H2,1H3,(H,20,22)/p+1. The highest BCUT2D eigenvalue weighted by molar-refractivity contribution is 5.91. The van der Waals surface area contributed by atoms with Gasteiger partial charge in [0.15, 0.2) is 0 Å². The summed E-state index contributed by atoms with van der Waals surface area (Å²) in [7, 11) is 1.64. The number of nitrogens with one attached hydrogen (secondary N) is 2. The third-order valence-electron chi connectivity index (χ3n) is 4.36. The minimum absolute atomic E-state index is 0.0216. The van der Waals surface area contributed by atoms with Crippen LogP contribution in [0.4, 0.5) is 0 Å². The van der Waals surface area contributed by atoms with Crippen LogP contribution in [0.3, 0.4) is 0 Å². The lowest BCUT2D eigenvalue weighted by atomic mass is 10.2. The fourth-order valence-electron chi connectivity index (χ4n) is 2.97. The molecule has 4 nitrogen and oxygen atoms in total. The van der Waals surface area contributed by atoms with Gasteiger partial charge in [0.2, 0.25) is 5.91 Å². The molecule has 0 spiro atoms. The molecule has 1 fully saturated rings. The lowest BCUT2D eigenvalue weighted by Gasteiger charge is -2.16. The molecule has 0 radical (unpaired) electrons. The Hall–Kier alpha value is -1.81. The van der Waals surface area contributed by atoms with Gasteiger partial charge >= 0.3 is 0 Å². The molecule has 1 aromatic carbocycles. The molecule has 0 bridgehead atoms. The van der Waals surface area contributed by atoms with Gasteiger partial charge in [-0.25, -0.2) is 0 Å². The predicted octanol–water partition coefficient (Wildman–Crippen LogP) is 1.67. The Balaban J connectivity index is 1.63. The third-order valence-corrected chi connectivity index (χ3v) is 4.36. The first kappa shape index (κ1) is 17.5. The minimum Gasteiger partial charge on any atom is -0.497 e. The largest absolute Gasteiger partial charge is 0.497 e. The highest BCUT2D eigenvalue weighted by atomic mass is 16.5. The maximum Gasteiger partial charge on any atom is 0.244 e. The van der Waals surface area contributed by atoms with Gasteiger partial charge in [0.05, 0.1) is 26.7 Å². The van der Waals surface area contributed by atoms with Gasteiger partial charge < -0.3 is 15.0 Å². The molecule has 1 aromatic rings. The van der Waals surface area contributed by atoms with E-state index < -0.39 is 0 Å². The van der Waals surface area contributed by atoms with Crippen LogP contribution in [0, 0.1) is 0 Å². The van der Waals surface area contributed by atoms with Gasteiger partial charge in [0.1, 0.15) is 5.75 Å². The first-order valence-corrected chi connectivity index (χ1v) is 8.71. The van der Waals surface area contributed by atoms with Gasteiger partial charge in [-0.15, -0.1) is 0 Å². The Morgan fingerprint density at radius 2 is 1.87 bits per heavy atom. The highest BCUT2D eigenvalue weighted by Crippen LogP contribution is 2.12. The molecule has 1 aliphatic heterocycles. The van der Waals surface area contributed by atoms with Crippen LogP contribution in [0.15, 0.2) is 30.3 Å². The Morgan fingerprint density at radius 3 is 2.52 bits per heavy atom. The second-order valence-electron chi connectivity index (χ2n) is 6.17. The molecule has 0 unspecified atom stereocenters. The molecule has 0 saturated carbocycles. The van der Waals surface area contributed by atoms with Crippen molar-refractivity contribution in [1.82, 2.24) is 5.32 Å². The van der Waals surface area contributed by atoms with E-state index in [0.29, 0.717) is 0 Å². The van der Waals surface area contributed by atoms with E-state index in [1.54, 1.807) is 18.1 Å². The average Bonchev–Trinajstić information content (AvgIpc) is 2.86. The molecule has 1 heterocycles. The van der Waals surface area contributed by atoms with Crippen LogP contribution >= 0.6 is 0 Å². The fourth-order valence-corrected chi connectivity index (χ4v) is 2.97. The molecule has 4 heteroatoms. The second kappa shape index (κ2) is 10.1. The molecule has 2 rings (SSSR count). The van der Waals surface area contributed by atoms with Crippen molar-refractivity contribution in [2.75, 3.05) is 33.3 Å². The molecule has 1 amide bonds. The van der Waals surface area contributed by atoms with E-state index in [9.17, 15) is 4.79 Å². The molecule has 1 saturated heterocycles. The Morgan fingerprint density at radius 1 is 1.17 bits per heavy atom. The van der Waals surface area contributed by atoms with E-state index in [0.717, 1.165) is 24.3 Å². The monoisotopic (exact) mass is 317 g/mol. The molecule has 1 aliphatic rings. The number of hydrogen-bond acceptors (Lipinski definition) is 2. The van der Waals surface area contributed by atoms with Crippen molar-refractivity contribution in [1.29, 1.82) is 0 Å². The molecule has 23 heavy (non-hydrogen) atoms. The molecule has 126 valence electrons. The van der Waals surface area contributed by atoms with Crippen LogP contribution in [-0.2, 0) is 4.79 Å². The van der Waals surface area contributed by atoms with Crippen LogP contribution in [0.2, 0.25) is 0 Å². The van der Waals surface area contributed by atoms with E-state index in [-0.39, 0.29) is 5.91 Å². The maximum atomic E-state index is 11.8. The number of hydrogen-bond donors (Lipinski definition) is 2. The maximum absolute atomic E-state index is 11.8. The fraction of sp³-hybridized carbons (Fsp3) is 0.526. The number of amides is 1. The normalized spacial score (nSPS) is 16.2. The van der Waals surface area contributed by atoms with E-state index >= 15 is 0 Å². The van der Waals surface area contributed by atoms with Crippen LogP contribution in [0.1, 0.15) is 37.7 Å². The zero-order chi connectivity index (χ0) is 16.3. The third kappa shape index (κ3) is 6.87. The van der Waals surface area contributed by atoms with Crippen molar-refractivity contribution >= 4 is 12.0 Å². The quantitative estimate of drug-likeness (QED) is 0.593. The van der Waals surface area contributed by atoms with Gasteiger partial charge in [0.25, 0.3) is 0 Å². The first-order chi connectivity index (χ1) is 11.3. The molecular weight excluding hydrogens is 288 g/mol. The zero-order valence-electron chi connectivity index (χ0n) is 14.1. The number of ether oxygens (including phenoxy) is 1. The Kier molecular flexibility index (Phi) is 7.67. The summed E-state index contributed by atoms with van der Waals surface area (Å²) in [4.78, 5) is 13.5. The number of likely N-dealkylation sites (tertiary alicyclic amines) is 1. The number of benzene rings is 1. The number of methoxy groups -OCH3 is 1. The second-order valence-corrected chi connectivity index (χ2v) is 6.17. The Bertz CT molecular complexity index is 489. The summed E-state index contributed by atoms with van der Waals surface area (Å²) in [5.41, 5.74) is 0.995. The molecular formula is C19H29N2O2+. The van der Waals surface area contributed by atoms with Gasteiger partial charge in [-0.2, -0.15) is 0 Å². The SMILES string of the molecule is COc1ccc(C=CC(=O)NCCC[NH+]2CCCCCC2)cc1. The molecule has 0 aliphatic carbocycles. The van der Waals surface area contributed by atoms with E-state index in [2.05, 4.69) is 5.32 Å². The Labute approximate surface area is 139 Å². The van der Waals surface area contributed by atoms with Crippen LogP contribution < -0.4 is 15.0 Å². The topological polar surface area (TPSA) is 42.8 Å². The average molecular weight is 317 g/mol. The lowest BCUT2D eigenvalue weighted by molar-refractivity contribution is -0.899.